The minimum atomic E-state index is -0.616. The highest BCUT2D eigenvalue weighted by Gasteiger charge is 2.13. The van der Waals surface area contributed by atoms with Gasteiger partial charge < -0.3 is 0 Å². The van der Waals surface area contributed by atoms with Crippen LogP contribution in [0.2, 0.25) is 0 Å². The molecule has 0 bridgehead atoms. The van der Waals surface area contributed by atoms with E-state index in [0.717, 1.165) is 11.1 Å². The van der Waals surface area contributed by atoms with Crippen molar-refractivity contribution in [2.75, 3.05) is 0 Å². The first kappa shape index (κ1) is 14.9. The van der Waals surface area contributed by atoms with Gasteiger partial charge in [0.1, 0.15) is 11.2 Å². The molecule has 1 N–H and O–H groups in total. The topological polar surface area (TPSA) is 72.7 Å². The van der Waals surface area contributed by atoms with E-state index in [2.05, 4.69) is 10.5 Å². The van der Waals surface area contributed by atoms with Crippen molar-refractivity contribution in [1.29, 1.82) is 0 Å². The molecule has 0 unspecified atom stereocenters. The van der Waals surface area contributed by atoms with Gasteiger partial charge in [-0.05, 0) is 24.1 Å². The number of nitrogens with one attached hydrogen (secondary N) is 1. The average Bonchev–Trinajstić information content (AvgIpc) is 2.56. The van der Waals surface area contributed by atoms with E-state index in [1.807, 2.05) is 43.3 Å². The van der Waals surface area contributed by atoms with E-state index in [1.165, 1.54) is 10.6 Å². The lowest BCUT2D eigenvalue weighted by atomic mass is 10.2. The second kappa shape index (κ2) is 6.41. The zero-order valence-electron chi connectivity index (χ0n) is 12.5. The van der Waals surface area contributed by atoms with Crippen molar-refractivity contribution in [3.8, 4) is 0 Å². The molecule has 1 aromatic carbocycles. The fourth-order valence-electron chi connectivity index (χ4n) is 2.15. The van der Waals surface area contributed by atoms with E-state index < -0.39 is 11.5 Å². The molecule has 0 saturated heterocycles. The number of nitrogens with zero attached hydrogens (tertiary/aromatic N) is 2. The molecule has 0 aliphatic carbocycles. The normalized spacial score (nSPS) is 10.7. The number of benzene rings is 1. The number of rotatable bonds is 4. The Labute approximate surface area is 132 Å². The van der Waals surface area contributed by atoms with Gasteiger partial charge in [0.15, 0.2) is 0 Å². The summed E-state index contributed by atoms with van der Waals surface area (Å²) in [7, 11) is 0. The van der Waals surface area contributed by atoms with Crippen LogP contribution in [0, 0.1) is 6.92 Å². The summed E-state index contributed by atoms with van der Waals surface area (Å²) >= 11 is 0. The highest BCUT2D eigenvalue weighted by Crippen LogP contribution is 2.02. The van der Waals surface area contributed by atoms with Crippen LogP contribution >= 0.6 is 0 Å². The number of hydrogen-bond donors (Lipinski definition) is 1. The third-order valence-corrected chi connectivity index (χ3v) is 3.34. The van der Waals surface area contributed by atoms with Crippen LogP contribution in [-0.2, 0) is 11.4 Å². The van der Waals surface area contributed by atoms with Crippen molar-refractivity contribution in [2.45, 2.75) is 13.5 Å². The second-order valence-electron chi connectivity index (χ2n) is 5.12. The molecule has 6 heteroatoms. The lowest BCUT2D eigenvalue weighted by Gasteiger charge is -2.07. The van der Waals surface area contributed by atoms with Crippen LogP contribution in [-0.4, -0.2) is 15.3 Å². The Morgan fingerprint density at radius 1 is 1.22 bits per heavy atom. The molecule has 3 aromatic rings. The first-order valence-corrected chi connectivity index (χ1v) is 7.09. The molecule has 2 heterocycles. The fourth-order valence-corrected chi connectivity index (χ4v) is 2.15. The summed E-state index contributed by atoms with van der Waals surface area (Å²) in [6, 6.07) is 13.0. The fraction of sp³-hybridized carbons (Fsp3) is 0.118. The van der Waals surface area contributed by atoms with E-state index in [1.54, 1.807) is 12.3 Å². The number of hydroxylamine groups is 1. The lowest BCUT2D eigenvalue weighted by Crippen LogP contribution is -2.31. The van der Waals surface area contributed by atoms with Crippen LogP contribution in [0.15, 0.2) is 59.7 Å². The predicted molar refractivity (Wildman–Crippen MR) is 84.9 cm³/mol. The Hall–Kier alpha value is -2.99. The second-order valence-corrected chi connectivity index (χ2v) is 5.12. The largest absolute Gasteiger partial charge is 0.282 e. The van der Waals surface area contributed by atoms with E-state index in [9.17, 15) is 9.59 Å². The monoisotopic (exact) mass is 309 g/mol. The molecule has 116 valence electrons. The Morgan fingerprint density at radius 3 is 2.78 bits per heavy atom. The number of hydrogen-bond acceptors (Lipinski definition) is 4. The summed E-state index contributed by atoms with van der Waals surface area (Å²) in [5, 5.41) is 0. The minimum Gasteiger partial charge on any atom is -0.269 e. The molecular formula is C17H15N3O3. The number of aryl methyl sites for hydroxylation is 1. The zero-order valence-corrected chi connectivity index (χ0v) is 12.5. The smallest absolute Gasteiger partial charge is 0.269 e. The van der Waals surface area contributed by atoms with Crippen molar-refractivity contribution in [1.82, 2.24) is 14.9 Å². The number of carbonyl (C=O) groups excluding carboxylic acids is 1. The molecule has 23 heavy (non-hydrogen) atoms. The molecule has 1 amide bonds. The summed E-state index contributed by atoms with van der Waals surface area (Å²) < 4.78 is 1.35. The van der Waals surface area contributed by atoms with Crippen molar-refractivity contribution in [2.24, 2.45) is 0 Å². The van der Waals surface area contributed by atoms with Gasteiger partial charge in [-0.2, -0.15) is 0 Å². The van der Waals surface area contributed by atoms with Crippen LogP contribution in [0.3, 0.4) is 0 Å². The van der Waals surface area contributed by atoms with E-state index in [0.29, 0.717) is 5.65 Å². The highest BCUT2D eigenvalue weighted by atomic mass is 16.6. The van der Waals surface area contributed by atoms with Crippen molar-refractivity contribution in [3.63, 3.8) is 0 Å². The Kier molecular flexibility index (Phi) is 4.16. The van der Waals surface area contributed by atoms with Gasteiger partial charge in [0.2, 0.25) is 0 Å². The molecule has 0 radical (unpaired) electrons. The number of pyridine rings is 1. The molecular weight excluding hydrogens is 294 g/mol. The quantitative estimate of drug-likeness (QED) is 0.747. The molecule has 3 rings (SSSR count). The lowest BCUT2D eigenvalue weighted by molar-refractivity contribution is 0.0232. The summed E-state index contributed by atoms with van der Waals surface area (Å²) in [6.45, 7) is 2.08. The van der Waals surface area contributed by atoms with E-state index in [4.69, 9.17) is 4.84 Å². The number of fused-ring (bicyclic) bond motifs is 1. The molecule has 0 fully saturated rings. The first-order chi connectivity index (χ1) is 11.1. The number of carbonyl (C=O) groups is 1. The zero-order chi connectivity index (χ0) is 16.2. The van der Waals surface area contributed by atoms with Crippen molar-refractivity contribution >= 4 is 11.6 Å². The Morgan fingerprint density at radius 2 is 2.00 bits per heavy atom. The molecule has 0 atom stereocenters. The molecule has 0 aliphatic rings. The number of aromatic nitrogens is 2. The summed E-state index contributed by atoms with van der Waals surface area (Å²) in [5.41, 5.74) is 4.08. The SMILES string of the molecule is Cc1ccc2ncc(C(=O)NOCc3ccccc3)c(=O)n2c1. The number of amides is 1. The molecule has 0 spiro atoms. The Balaban J connectivity index is 1.76. The summed E-state index contributed by atoms with van der Waals surface area (Å²) in [4.78, 5) is 33.7. The van der Waals surface area contributed by atoms with Gasteiger partial charge in [-0.25, -0.2) is 10.5 Å². The van der Waals surface area contributed by atoms with E-state index in [-0.39, 0.29) is 12.2 Å². The third-order valence-electron chi connectivity index (χ3n) is 3.34. The van der Waals surface area contributed by atoms with Gasteiger partial charge in [0.05, 0.1) is 6.61 Å². The van der Waals surface area contributed by atoms with Gasteiger partial charge in [0.25, 0.3) is 11.5 Å². The van der Waals surface area contributed by atoms with Crippen LogP contribution in [0.25, 0.3) is 5.65 Å². The van der Waals surface area contributed by atoms with Crippen LogP contribution in [0.4, 0.5) is 0 Å². The molecule has 0 saturated carbocycles. The third kappa shape index (κ3) is 3.27. The van der Waals surface area contributed by atoms with E-state index >= 15 is 0 Å². The average molecular weight is 309 g/mol. The van der Waals surface area contributed by atoms with Gasteiger partial charge in [-0.1, -0.05) is 36.4 Å². The minimum absolute atomic E-state index is 0.0684. The summed E-state index contributed by atoms with van der Waals surface area (Å²) in [5.74, 6) is -0.616. The Bertz CT molecular complexity index is 904. The predicted octanol–water partition coefficient (Wildman–Crippen LogP) is 1.86. The maximum Gasteiger partial charge on any atom is 0.282 e. The maximum absolute atomic E-state index is 12.4. The standard InChI is InChI=1S/C17H15N3O3/c1-12-7-8-15-18-9-14(17(22)20(15)10-12)16(21)19-23-11-13-5-3-2-4-6-13/h2-10H,11H2,1H3,(H,19,21). The van der Waals surface area contributed by atoms with Gasteiger partial charge >= 0.3 is 0 Å². The molecule has 0 aliphatic heterocycles. The van der Waals surface area contributed by atoms with Gasteiger partial charge in [-0.3, -0.25) is 18.8 Å². The first-order valence-electron chi connectivity index (χ1n) is 7.09. The van der Waals surface area contributed by atoms with Crippen molar-refractivity contribution < 1.29 is 9.63 Å². The maximum atomic E-state index is 12.4. The van der Waals surface area contributed by atoms with Crippen LogP contribution in [0.5, 0.6) is 0 Å². The van der Waals surface area contributed by atoms with Crippen molar-refractivity contribution in [3.05, 3.63) is 81.9 Å². The van der Waals surface area contributed by atoms with Gasteiger partial charge in [0, 0.05) is 12.4 Å². The van der Waals surface area contributed by atoms with Crippen LogP contribution in [0.1, 0.15) is 21.5 Å². The summed E-state index contributed by atoms with van der Waals surface area (Å²) in [6.07, 6.45) is 2.90. The van der Waals surface area contributed by atoms with Crippen LogP contribution < -0.4 is 11.0 Å². The molecule has 6 nitrogen and oxygen atoms in total. The van der Waals surface area contributed by atoms with Gasteiger partial charge in [-0.15, -0.1) is 0 Å². The highest BCUT2D eigenvalue weighted by molar-refractivity contribution is 5.92. The molecule has 2 aromatic heterocycles.